The van der Waals surface area contributed by atoms with Crippen molar-refractivity contribution in [2.24, 2.45) is 5.73 Å². The molecule has 1 amide bonds. The van der Waals surface area contributed by atoms with Crippen molar-refractivity contribution in [1.82, 2.24) is 4.57 Å². The average Bonchev–Trinajstić information content (AvgIpc) is 2.04. The summed E-state index contributed by atoms with van der Waals surface area (Å²) in [4.78, 5) is 22.0. The van der Waals surface area contributed by atoms with Gasteiger partial charge in [0.25, 0.3) is 5.56 Å². The van der Waals surface area contributed by atoms with E-state index in [0.29, 0.717) is 5.56 Å². The van der Waals surface area contributed by atoms with Crippen LogP contribution in [0.2, 0.25) is 0 Å². The van der Waals surface area contributed by atoms with Crippen LogP contribution in [0.4, 0.5) is 0 Å². The Bertz CT molecular complexity index is 379. The van der Waals surface area contributed by atoms with Crippen molar-refractivity contribution in [3.05, 3.63) is 34.2 Å². The van der Waals surface area contributed by atoms with Gasteiger partial charge in [0.05, 0.1) is 5.56 Å². The Kier molecular flexibility index (Phi) is 2.51. The Labute approximate surface area is 76.0 Å². The first-order chi connectivity index (χ1) is 6.02. The van der Waals surface area contributed by atoms with E-state index in [1.54, 1.807) is 0 Å². The molecule has 4 nitrogen and oxygen atoms in total. The first kappa shape index (κ1) is 9.51. The third-order valence-electron chi connectivity index (χ3n) is 1.78. The van der Waals surface area contributed by atoms with Gasteiger partial charge in [-0.05, 0) is 19.9 Å². The molecular weight excluding hydrogens is 168 g/mol. The number of amides is 1. The van der Waals surface area contributed by atoms with Crippen molar-refractivity contribution in [2.75, 3.05) is 0 Å². The number of hydrogen-bond donors (Lipinski definition) is 1. The largest absolute Gasteiger partial charge is 0.366 e. The van der Waals surface area contributed by atoms with Crippen LogP contribution in [0.5, 0.6) is 0 Å². The van der Waals surface area contributed by atoms with Gasteiger partial charge >= 0.3 is 0 Å². The number of hydrogen-bond acceptors (Lipinski definition) is 2. The normalized spacial score (nSPS) is 10.4. The predicted octanol–water partition coefficient (Wildman–Crippen LogP) is 0.528. The standard InChI is InChI=1S/C9H12N2O2/c1-6(2)11-5-7(9(10)13)3-4-8(11)12/h3-6H,1-2H3,(H2,10,13). The lowest BCUT2D eigenvalue weighted by atomic mass is 10.2. The summed E-state index contributed by atoms with van der Waals surface area (Å²) in [7, 11) is 0. The van der Waals surface area contributed by atoms with E-state index in [9.17, 15) is 9.59 Å². The Morgan fingerprint density at radius 1 is 1.46 bits per heavy atom. The molecule has 0 radical (unpaired) electrons. The Morgan fingerprint density at radius 2 is 2.08 bits per heavy atom. The van der Waals surface area contributed by atoms with Crippen molar-refractivity contribution >= 4 is 5.91 Å². The van der Waals surface area contributed by atoms with E-state index in [-0.39, 0.29) is 11.6 Å². The van der Waals surface area contributed by atoms with Crippen molar-refractivity contribution in [3.63, 3.8) is 0 Å². The maximum Gasteiger partial charge on any atom is 0.250 e. The minimum absolute atomic E-state index is 0.0341. The SMILES string of the molecule is CC(C)n1cc(C(N)=O)ccc1=O. The van der Waals surface area contributed by atoms with Crippen molar-refractivity contribution in [1.29, 1.82) is 0 Å². The van der Waals surface area contributed by atoms with Gasteiger partial charge in [0.2, 0.25) is 5.91 Å². The molecule has 0 spiro atoms. The summed E-state index contributed by atoms with van der Waals surface area (Å²) in [5, 5.41) is 0. The molecule has 1 aromatic rings. The number of carbonyl (C=O) groups excluding carboxylic acids is 1. The molecule has 4 heteroatoms. The molecular formula is C9H12N2O2. The molecule has 0 aliphatic carbocycles. The lowest BCUT2D eigenvalue weighted by Gasteiger charge is -2.09. The first-order valence-corrected chi connectivity index (χ1v) is 4.04. The van der Waals surface area contributed by atoms with Gasteiger partial charge in [0.15, 0.2) is 0 Å². The molecule has 0 aliphatic heterocycles. The number of primary amides is 1. The van der Waals surface area contributed by atoms with Crippen LogP contribution in [0, 0.1) is 0 Å². The van der Waals surface area contributed by atoms with Crippen molar-refractivity contribution in [2.45, 2.75) is 19.9 Å². The summed E-state index contributed by atoms with van der Waals surface area (Å²) in [6.45, 7) is 3.73. The Balaban J connectivity index is 3.27. The van der Waals surface area contributed by atoms with Crippen LogP contribution < -0.4 is 11.3 Å². The number of pyridine rings is 1. The highest BCUT2D eigenvalue weighted by Crippen LogP contribution is 2.01. The van der Waals surface area contributed by atoms with Gasteiger partial charge in [-0.3, -0.25) is 9.59 Å². The minimum Gasteiger partial charge on any atom is -0.366 e. The minimum atomic E-state index is -0.519. The van der Waals surface area contributed by atoms with Crippen molar-refractivity contribution in [3.8, 4) is 0 Å². The fourth-order valence-corrected chi connectivity index (χ4v) is 1.05. The lowest BCUT2D eigenvalue weighted by molar-refractivity contribution is 0.0999. The molecule has 0 saturated carbocycles. The topological polar surface area (TPSA) is 65.1 Å². The van der Waals surface area contributed by atoms with Gasteiger partial charge in [0.1, 0.15) is 0 Å². The van der Waals surface area contributed by atoms with E-state index in [0.717, 1.165) is 0 Å². The summed E-state index contributed by atoms with van der Waals surface area (Å²) in [6, 6.07) is 2.82. The first-order valence-electron chi connectivity index (χ1n) is 4.04. The zero-order valence-electron chi connectivity index (χ0n) is 7.65. The third-order valence-corrected chi connectivity index (χ3v) is 1.78. The molecule has 0 aliphatic rings. The van der Waals surface area contributed by atoms with E-state index in [1.165, 1.54) is 22.9 Å². The number of nitrogens with zero attached hydrogens (tertiary/aromatic N) is 1. The maximum absolute atomic E-state index is 11.2. The third kappa shape index (κ3) is 1.96. The van der Waals surface area contributed by atoms with Crippen LogP contribution in [0.3, 0.4) is 0 Å². The lowest BCUT2D eigenvalue weighted by Crippen LogP contribution is -2.23. The van der Waals surface area contributed by atoms with Gasteiger partial charge < -0.3 is 10.3 Å². The van der Waals surface area contributed by atoms with Gasteiger partial charge in [-0.15, -0.1) is 0 Å². The summed E-state index contributed by atoms with van der Waals surface area (Å²) in [5.74, 6) is -0.519. The fraction of sp³-hybridized carbons (Fsp3) is 0.333. The molecule has 0 bridgehead atoms. The van der Waals surface area contributed by atoms with Gasteiger partial charge in [0, 0.05) is 18.3 Å². The Hall–Kier alpha value is -1.58. The number of rotatable bonds is 2. The molecule has 0 atom stereocenters. The molecule has 1 rings (SSSR count). The second kappa shape index (κ2) is 3.43. The number of aromatic nitrogens is 1. The van der Waals surface area contributed by atoms with Crippen molar-refractivity contribution < 1.29 is 4.79 Å². The molecule has 1 aromatic heterocycles. The molecule has 0 fully saturated rings. The van der Waals surface area contributed by atoms with E-state index in [1.807, 2.05) is 13.8 Å². The van der Waals surface area contributed by atoms with Gasteiger partial charge in [-0.1, -0.05) is 0 Å². The molecule has 70 valence electrons. The van der Waals surface area contributed by atoms with Crippen LogP contribution in [0.25, 0.3) is 0 Å². The monoisotopic (exact) mass is 180 g/mol. The van der Waals surface area contributed by atoms with E-state index in [2.05, 4.69) is 0 Å². The molecule has 0 aromatic carbocycles. The van der Waals surface area contributed by atoms with Crippen LogP contribution in [-0.4, -0.2) is 10.5 Å². The van der Waals surface area contributed by atoms with Crippen LogP contribution in [-0.2, 0) is 0 Å². The highest BCUT2D eigenvalue weighted by Gasteiger charge is 2.04. The molecule has 0 saturated heterocycles. The van der Waals surface area contributed by atoms with E-state index < -0.39 is 5.91 Å². The summed E-state index contributed by atoms with van der Waals surface area (Å²) in [5.41, 5.74) is 5.31. The summed E-state index contributed by atoms with van der Waals surface area (Å²) >= 11 is 0. The summed E-state index contributed by atoms with van der Waals surface area (Å²) < 4.78 is 1.47. The van der Waals surface area contributed by atoms with E-state index in [4.69, 9.17) is 5.73 Å². The highest BCUT2D eigenvalue weighted by atomic mass is 16.1. The number of nitrogens with two attached hydrogens (primary N) is 1. The molecule has 1 heterocycles. The number of carbonyl (C=O) groups is 1. The zero-order valence-corrected chi connectivity index (χ0v) is 7.65. The van der Waals surface area contributed by atoms with Crippen LogP contribution >= 0.6 is 0 Å². The summed E-state index contributed by atoms with van der Waals surface area (Å²) in [6.07, 6.45) is 1.48. The van der Waals surface area contributed by atoms with Gasteiger partial charge in [-0.2, -0.15) is 0 Å². The van der Waals surface area contributed by atoms with Gasteiger partial charge in [-0.25, -0.2) is 0 Å². The second-order valence-corrected chi connectivity index (χ2v) is 3.12. The molecule has 2 N–H and O–H groups in total. The van der Waals surface area contributed by atoms with Crippen LogP contribution in [0.1, 0.15) is 30.2 Å². The fourth-order valence-electron chi connectivity index (χ4n) is 1.05. The second-order valence-electron chi connectivity index (χ2n) is 3.12. The molecule has 13 heavy (non-hydrogen) atoms. The quantitative estimate of drug-likeness (QED) is 0.721. The maximum atomic E-state index is 11.2. The Morgan fingerprint density at radius 3 is 2.54 bits per heavy atom. The average molecular weight is 180 g/mol. The predicted molar refractivity (Wildman–Crippen MR) is 49.6 cm³/mol. The smallest absolute Gasteiger partial charge is 0.250 e. The zero-order chi connectivity index (χ0) is 10.0. The van der Waals surface area contributed by atoms with E-state index >= 15 is 0 Å². The van der Waals surface area contributed by atoms with Crippen LogP contribution in [0.15, 0.2) is 23.1 Å². The molecule has 0 unspecified atom stereocenters. The highest BCUT2D eigenvalue weighted by molar-refractivity contribution is 5.92.